The molecular weight excluding hydrogens is 461 g/mol. The molecule has 2 fully saturated rings. The summed E-state index contributed by atoms with van der Waals surface area (Å²) in [7, 11) is 3.55. The van der Waals surface area contributed by atoms with E-state index in [9.17, 15) is 9.18 Å². The third-order valence-electron chi connectivity index (χ3n) is 7.79. The summed E-state index contributed by atoms with van der Waals surface area (Å²) in [5.74, 6) is 0.0827. The van der Waals surface area contributed by atoms with Gasteiger partial charge in [-0.25, -0.2) is 4.39 Å². The number of halogens is 1. The number of nitrogens with one attached hydrogen (secondary N) is 3. The summed E-state index contributed by atoms with van der Waals surface area (Å²) in [6, 6.07) is 6.93. The van der Waals surface area contributed by atoms with E-state index in [0.29, 0.717) is 47.6 Å². The van der Waals surface area contributed by atoms with Crippen LogP contribution in [0.4, 0.5) is 15.8 Å². The third kappa shape index (κ3) is 3.78. The number of para-hydroxylation sites is 1. The fraction of sp³-hybridized carbons (Fsp3) is 0.407. The first-order valence-electron chi connectivity index (χ1n) is 12.4. The summed E-state index contributed by atoms with van der Waals surface area (Å²) < 4.78 is 26.2. The molecule has 0 bridgehead atoms. The highest BCUT2D eigenvalue weighted by molar-refractivity contribution is 6.07. The van der Waals surface area contributed by atoms with Crippen molar-refractivity contribution in [2.75, 3.05) is 39.2 Å². The maximum absolute atomic E-state index is 14.5. The van der Waals surface area contributed by atoms with E-state index in [-0.39, 0.29) is 17.1 Å². The molecule has 36 heavy (non-hydrogen) atoms. The van der Waals surface area contributed by atoms with Crippen molar-refractivity contribution >= 4 is 17.3 Å². The number of benzene rings is 1. The third-order valence-corrected chi connectivity index (χ3v) is 7.79. The lowest BCUT2D eigenvalue weighted by Gasteiger charge is -2.23. The van der Waals surface area contributed by atoms with Crippen molar-refractivity contribution in [2.45, 2.75) is 37.1 Å². The summed E-state index contributed by atoms with van der Waals surface area (Å²) in [6.45, 7) is 2.23. The fourth-order valence-electron chi connectivity index (χ4n) is 5.48. The molecule has 1 aliphatic carbocycles. The molecular formula is C27H30FN5O3. The van der Waals surface area contributed by atoms with E-state index in [1.165, 1.54) is 13.2 Å². The molecule has 8 nitrogen and oxygen atoms in total. The monoisotopic (exact) mass is 491 g/mol. The molecule has 2 aliphatic heterocycles. The van der Waals surface area contributed by atoms with Crippen LogP contribution in [0, 0.1) is 5.82 Å². The van der Waals surface area contributed by atoms with Crippen LogP contribution >= 0.6 is 0 Å². The Morgan fingerprint density at radius 1 is 1.31 bits per heavy atom. The van der Waals surface area contributed by atoms with E-state index in [2.05, 4.69) is 32.5 Å². The number of likely N-dealkylation sites (tertiary alicyclic amines) is 1. The number of nitrogens with zero attached hydrogens (tertiary/aromatic N) is 2. The number of pyridine rings is 1. The molecule has 1 atom stereocenters. The second-order valence-corrected chi connectivity index (χ2v) is 9.99. The average Bonchev–Trinajstić information content (AvgIpc) is 3.38. The summed E-state index contributed by atoms with van der Waals surface area (Å²) in [4.78, 5) is 23.4. The van der Waals surface area contributed by atoms with Crippen molar-refractivity contribution in [3.63, 3.8) is 0 Å². The maximum Gasteiger partial charge on any atom is 0.255 e. The van der Waals surface area contributed by atoms with E-state index >= 15 is 0 Å². The van der Waals surface area contributed by atoms with E-state index in [1.807, 2.05) is 6.07 Å². The van der Waals surface area contributed by atoms with Gasteiger partial charge >= 0.3 is 0 Å². The molecule has 9 heteroatoms. The molecule has 1 spiro atoms. The summed E-state index contributed by atoms with van der Waals surface area (Å²) >= 11 is 0. The zero-order valence-corrected chi connectivity index (χ0v) is 20.5. The Labute approximate surface area is 209 Å². The second-order valence-electron chi connectivity index (χ2n) is 9.99. The van der Waals surface area contributed by atoms with Crippen molar-refractivity contribution < 1.29 is 18.7 Å². The molecule has 1 amide bonds. The van der Waals surface area contributed by atoms with Gasteiger partial charge in [-0.3, -0.25) is 9.78 Å². The van der Waals surface area contributed by atoms with E-state index in [0.717, 1.165) is 43.5 Å². The van der Waals surface area contributed by atoms with Gasteiger partial charge in [0.05, 0.1) is 35.9 Å². The van der Waals surface area contributed by atoms with Crippen molar-refractivity contribution in [1.29, 1.82) is 0 Å². The molecule has 1 saturated heterocycles. The van der Waals surface area contributed by atoms with E-state index in [1.54, 1.807) is 24.5 Å². The van der Waals surface area contributed by atoms with Crippen molar-refractivity contribution in [3.05, 3.63) is 53.7 Å². The van der Waals surface area contributed by atoms with Crippen LogP contribution in [0.25, 0.3) is 11.3 Å². The van der Waals surface area contributed by atoms with Crippen LogP contribution in [0.1, 0.15) is 41.7 Å². The molecule has 2 aromatic heterocycles. The van der Waals surface area contributed by atoms with Crippen LogP contribution in [0.5, 0.6) is 11.5 Å². The fourth-order valence-corrected chi connectivity index (χ4v) is 5.48. The molecule has 188 valence electrons. The molecule has 6 rings (SSSR count). The van der Waals surface area contributed by atoms with Gasteiger partial charge < -0.3 is 30.0 Å². The number of carbonyl (C=O) groups is 1. The van der Waals surface area contributed by atoms with Crippen LogP contribution in [0.3, 0.4) is 0 Å². The number of likely N-dealkylation sites (N-methyl/N-ethyl adjacent to an activating group) is 1. The standard InChI is InChI=1S/C27H30FN5O3/c1-33-12-4-5-16(33)14-36-20-13-29-11-8-17(20)22-23(31-19-7-3-6-18(28)24(19)35-2)21-25(32-22)27(9-10-27)15-30-26(21)34/h3,6-8,11,13,16,31-32H,4-5,9-10,12,14-15H2,1-2H3,(H,30,34)/t16-/m1/s1. The summed E-state index contributed by atoms with van der Waals surface area (Å²) in [5, 5.41) is 6.38. The molecule has 1 aromatic carbocycles. The number of H-pyrrole nitrogens is 1. The van der Waals surface area contributed by atoms with Gasteiger partial charge in [0.2, 0.25) is 0 Å². The minimum absolute atomic E-state index is 0.0891. The highest BCUT2D eigenvalue weighted by Crippen LogP contribution is 2.54. The molecule has 4 heterocycles. The van der Waals surface area contributed by atoms with Crippen molar-refractivity contribution in [1.82, 2.24) is 20.2 Å². The highest BCUT2D eigenvalue weighted by Gasteiger charge is 2.51. The van der Waals surface area contributed by atoms with Gasteiger partial charge in [0, 0.05) is 35.5 Å². The van der Waals surface area contributed by atoms with Crippen LogP contribution in [-0.4, -0.2) is 60.7 Å². The van der Waals surface area contributed by atoms with Gasteiger partial charge in [-0.15, -0.1) is 0 Å². The Morgan fingerprint density at radius 2 is 2.17 bits per heavy atom. The van der Waals surface area contributed by atoms with Crippen LogP contribution in [0.2, 0.25) is 0 Å². The first kappa shape index (κ1) is 22.8. The van der Waals surface area contributed by atoms with Gasteiger partial charge in [-0.1, -0.05) is 6.07 Å². The van der Waals surface area contributed by atoms with Crippen LogP contribution < -0.4 is 20.1 Å². The lowest BCUT2D eigenvalue weighted by atomic mass is 9.93. The number of ether oxygens (including phenoxy) is 2. The maximum atomic E-state index is 14.5. The number of hydrogen-bond acceptors (Lipinski definition) is 6. The van der Waals surface area contributed by atoms with Crippen LogP contribution in [-0.2, 0) is 5.41 Å². The second kappa shape index (κ2) is 8.81. The Bertz CT molecular complexity index is 1320. The Hall–Kier alpha value is -3.59. The molecule has 3 N–H and O–H groups in total. The summed E-state index contributed by atoms with van der Waals surface area (Å²) in [5.41, 5.74) is 3.90. The quantitative estimate of drug-likeness (QED) is 0.459. The predicted octanol–water partition coefficient (Wildman–Crippen LogP) is 4.22. The first-order chi connectivity index (χ1) is 17.5. The lowest BCUT2D eigenvalue weighted by molar-refractivity contribution is 0.0938. The molecule has 1 saturated carbocycles. The van der Waals surface area contributed by atoms with Crippen molar-refractivity contribution in [3.8, 4) is 22.8 Å². The number of aromatic nitrogens is 2. The normalized spacial score (nSPS) is 20.2. The van der Waals surface area contributed by atoms with Gasteiger partial charge in [-0.2, -0.15) is 0 Å². The van der Waals surface area contributed by atoms with Gasteiger partial charge in [0.25, 0.3) is 5.91 Å². The highest BCUT2D eigenvalue weighted by atomic mass is 19.1. The van der Waals surface area contributed by atoms with Crippen molar-refractivity contribution in [2.24, 2.45) is 0 Å². The van der Waals surface area contributed by atoms with Gasteiger partial charge in [0.15, 0.2) is 11.6 Å². The molecule has 3 aromatic rings. The molecule has 0 unspecified atom stereocenters. The molecule has 0 radical (unpaired) electrons. The first-order valence-corrected chi connectivity index (χ1v) is 12.4. The number of carbonyl (C=O) groups excluding carboxylic acids is 1. The van der Waals surface area contributed by atoms with Gasteiger partial charge in [-0.05, 0) is 57.5 Å². The predicted molar refractivity (Wildman–Crippen MR) is 135 cm³/mol. The number of fused-ring (bicyclic) bond motifs is 2. The smallest absolute Gasteiger partial charge is 0.255 e. The number of rotatable bonds is 7. The average molecular weight is 492 g/mol. The minimum Gasteiger partial charge on any atom is -0.492 e. The number of hydrogen-bond donors (Lipinski definition) is 3. The number of methoxy groups -OCH3 is 1. The van der Waals surface area contributed by atoms with Crippen LogP contribution in [0.15, 0.2) is 36.7 Å². The van der Waals surface area contributed by atoms with E-state index < -0.39 is 5.82 Å². The number of anilines is 2. The number of amides is 1. The topological polar surface area (TPSA) is 91.5 Å². The Morgan fingerprint density at radius 3 is 2.92 bits per heavy atom. The van der Waals surface area contributed by atoms with E-state index in [4.69, 9.17) is 9.47 Å². The minimum atomic E-state index is -0.481. The summed E-state index contributed by atoms with van der Waals surface area (Å²) in [6.07, 6.45) is 7.67. The van der Waals surface area contributed by atoms with Gasteiger partial charge in [0.1, 0.15) is 12.4 Å². The number of aromatic amines is 1. The Kier molecular flexibility index (Phi) is 5.59. The zero-order chi connectivity index (χ0) is 24.9. The largest absolute Gasteiger partial charge is 0.492 e. The lowest BCUT2D eigenvalue weighted by Crippen LogP contribution is -2.39. The molecule has 3 aliphatic rings. The zero-order valence-electron chi connectivity index (χ0n) is 20.5. The SMILES string of the molecule is COc1c(F)cccc1Nc1c(-c2ccncc2OC[C@H]2CCCN2C)[nH]c2c1C(=O)NCC21CC1. The Balaban J connectivity index is 1.46.